The van der Waals surface area contributed by atoms with Gasteiger partial charge in [0.1, 0.15) is 0 Å². The number of amides is 3. The minimum Gasteiger partial charge on any atom is -0.346 e. The van der Waals surface area contributed by atoms with Gasteiger partial charge in [0.05, 0.1) is 18.1 Å². The van der Waals surface area contributed by atoms with Crippen LogP contribution in [0.3, 0.4) is 0 Å². The van der Waals surface area contributed by atoms with Gasteiger partial charge in [0, 0.05) is 16.7 Å². The van der Waals surface area contributed by atoms with Gasteiger partial charge >= 0.3 is 0 Å². The maximum Gasteiger partial charge on any atom is 0.251 e. The molecule has 3 atom stereocenters. The van der Waals surface area contributed by atoms with Crippen molar-refractivity contribution in [2.45, 2.75) is 38.9 Å². The average molecular weight is 520 g/mol. The Morgan fingerprint density at radius 3 is 0.897 bits per heavy atom. The Labute approximate surface area is 229 Å². The fraction of sp³-hybridized carbons (Fsp3) is 0.182. The van der Waals surface area contributed by atoms with E-state index < -0.39 is 0 Å². The van der Waals surface area contributed by atoms with Crippen LogP contribution in [0.15, 0.2) is 109 Å². The van der Waals surface area contributed by atoms with Crippen LogP contribution in [0.25, 0.3) is 0 Å². The van der Waals surface area contributed by atoms with Crippen LogP contribution in [0.5, 0.6) is 0 Å². The molecule has 0 radical (unpaired) electrons. The number of hydrogen-bond acceptors (Lipinski definition) is 3. The normalized spacial score (nSPS) is 13.0. The molecule has 3 N–H and O–H groups in total. The lowest BCUT2D eigenvalue weighted by atomic mass is 10.0. The average Bonchev–Trinajstić information content (AvgIpc) is 2.98. The van der Waals surface area contributed by atoms with Gasteiger partial charge in [-0.05, 0) is 55.7 Å². The second kappa shape index (κ2) is 12.7. The third kappa shape index (κ3) is 7.20. The Kier molecular flexibility index (Phi) is 8.90. The van der Waals surface area contributed by atoms with Gasteiger partial charge in [-0.2, -0.15) is 0 Å². The van der Waals surface area contributed by atoms with Crippen molar-refractivity contribution >= 4 is 17.7 Å². The third-order valence-corrected chi connectivity index (χ3v) is 6.66. The standard InChI is InChI=1S/C33H33N3O3/c1-22(25-13-7-4-8-14-25)34-31(37)28-19-29(32(38)35-23(2)26-15-9-5-10-16-26)21-30(20-28)33(39)36-24(3)27-17-11-6-12-18-27/h4-24H,1-3H3,(H,34,37)(H,35,38)(H,36,39)/t22-,23-,24-/m0/s1. The zero-order chi connectivity index (χ0) is 27.8. The highest BCUT2D eigenvalue weighted by atomic mass is 16.2. The van der Waals surface area contributed by atoms with Crippen molar-refractivity contribution in [3.8, 4) is 0 Å². The van der Waals surface area contributed by atoms with E-state index in [1.54, 1.807) is 0 Å². The number of carbonyl (C=O) groups excluding carboxylic acids is 3. The van der Waals surface area contributed by atoms with Crippen LogP contribution >= 0.6 is 0 Å². The summed E-state index contributed by atoms with van der Waals surface area (Å²) in [4.78, 5) is 39.9. The first-order valence-electron chi connectivity index (χ1n) is 13.0. The monoisotopic (exact) mass is 519 g/mol. The molecule has 3 amide bonds. The molecule has 0 bridgehead atoms. The Morgan fingerprint density at radius 1 is 0.436 bits per heavy atom. The van der Waals surface area contributed by atoms with Crippen molar-refractivity contribution in [1.82, 2.24) is 16.0 Å². The van der Waals surface area contributed by atoms with Crippen molar-refractivity contribution in [2.75, 3.05) is 0 Å². The molecule has 0 fully saturated rings. The van der Waals surface area contributed by atoms with Gasteiger partial charge in [-0.3, -0.25) is 14.4 Å². The van der Waals surface area contributed by atoms with E-state index in [-0.39, 0.29) is 52.5 Å². The van der Waals surface area contributed by atoms with Crippen LogP contribution in [0.4, 0.5) is 0 Å². The van der Waals surface area contributed by atoms with E-state index in [0.717, 1.165) is 16.7 Å². The second-order valence-electron chi connectivity index (χ2n) is 9.62. The molecule has 0 spiro atoms. The summed E-state index contributed by atoms with van der Waals surface area (Å²) in [6.45, 7) is 5.67. The summed E-state index contributed by atoms with van der Waals surface area (Å²) in [6, 6.07) is 32.6. The van der Waals surface area contributed by atoms with Crippen molar-refractivity contribution in [2.24, 2.45) is 0 Å². The van der Waals surface area contributed by atoms with E-state index in [2.05, 4.69) is 16.0 Å². The Morgan fingerprint density at radius 2 is 0.667 bits per heavy atom. The summed E-state index contributed by atoms with van der Waals surface area (Å²) >= 11 is 0. The summed E-state index contributed by atoms with van der Waals surface area (Å²) < 4.78 is 0. The van der Waals surface area contributed by atoms with Gasteiger partial charge in [-0.15, -0.1) is 0 Å². The first-order chi connectivity index (χ1) is 18.8. The molecule has 4 aromatic carbocycles. The molecular formula is C33H33N3O3. The maximum absolute atomic E-state index is 13.3. The minimum atomic E-state index is -0.373. The highest BCUT2D eigenvalue weighted by Gasteiger charge is 2.20. The summed E-state index contributed by atoms with van der Waals surface area (Å²) in [5.41, 5.74) is 3.55. The molecule has 0 heterocycles. The molecule has 4 rings (SSSR count). The molecule has 0 aliphatic heterocycles. The SMILES string of the molecule is C[C@H](NC(=O)c1cc(C(=O)N[C@@H](C)c2ccccc2)cc(C(=O)N[C@@H](C)c2ccccc2)c1)c1ccccc1. The molecule has 0 aliphatic carbocycles. The summed E-state index contributed by atoms with van der Waals surface area (Å²) in [5.74, 6) is -1.12. The molecule has 4 aromatic rings. The van der Waals surface area contributed by atoms with Crippen LogP contribution in [-0.4, -0.2) is 17.7 Å². The van der Waals surface area contributed by atoms with Gasteiger partial charge in [0.15, 0.2) is 0 Å². The number of rotatable bonds is 9. The van der Waals surface area contributed by atoms with Crippen molar-refractivity contribution < 1.29 is 14.4 Å². The number of carbonyl (C=O) groups is 3. The van der Waals surface area contributed by atoms with Crippen LogP contribution < -0.4 is 16.0 Å². The van der Waals surface area contributed by atoms with E-state index in [4.69, 9.17) is 0 Å². The molecule has 6 nitrogen and oxygen atoms in total. The molecule has 198 valence electrons. The molecule has 6 heteroatoms. The Balaban J connectivity index is 1.60. The molecule has 0 aliphatic rings. The summed E-state index contributed by atoms with van der Waals surface area (Å²) in [7, 11) is 0. The molecule has 0 saturated heterocycles. The zero-order valence-electron chi connectivity index (χ0n) is 22.3. The molecule has 0 unspecified atom stereocenters. The lowest BCUT2D eigenvalue weighted by Crippen LogP contribution is -2.31. The van der Waals surface area contributed by atoms with Gasteiger partial charge in [-0.1, -0.05) is 91.0 Å². The predicted octanol–water partition coefficient (Wildman–Crippen LogP) is 6.16. The van der Waals surface area contributed by atoms with Gasteiger partial charge < -0.3 is 16.0 Å². The zero-order valence-corrected chi connectivity index (χ0v) is 22.3. The van der Waals surface area contributed by atoms with Crippen molar-refractivity contribution in [3.05, 3.63) is 143 Å². The fourth-order valence-electron chi connectivity index (χ4n) is 4.34. The predicted molar refractivity (Wildman–Crippen MR) is 153 cm³/mol. The number of nitrogens with one attached hydrogen (secondary N) is 3. The van der Waals surface area contributed by atoms with Crippen molar-refractivity contribution in [3.63, 3.8) is 0 Å². The van der Waals surface area contributed by atoms with Crippen LogP contribution in [-0.2, 0) is 0 Å². The van der Waals surface area contributed by atoms with E-state index >= 15 is 0 Å². The van der Waals surface area contributed by atoms with Crippen LogP contribution in [0.1, 0.15) is 86.7 Å². The minimum absolute atomic E-state index is 0.232. The number of hydrogen-bond donors (Lipinski definition) is 3. The van der Waals surface area contributed by atoms with Crippen molar-refractivity contribution in [1.29, 1.82) is 0 Å². The third-order valence-electron chi connectivity index (χ3n) is 6.66. The summed E-state index contributed by atoms with van der Waals surface area (Å²) in [6.07, 6.45) is 0. The van der Waals surface area contributed by atoms with E-state index in [1.807, 2.05) is 112 Å². The summed E-state index contributed by atoms with van der Waals surface area (Å²) in [5, 5.41) is 8.93. The van der Waals surface area contributed by atoms with E-state index in [1.165, 1.54) is 18.2 Å². The Hall–Kier alpha value is -4.71. The van der Waals surface area contributed by atoms with Gasteiger partial charge in [0.2, 0.25) is 0 Å². The lowest BCUT2D eigenvalue weighted by Gasteiger charge is -2.18. The quantitative estimate of drug-likeness (QED) is 0.248. The molecule has 39 heavy (non-hydrogen) atoms. The maximum atomic E-state index is 13.3. The number of benzene rings is 4. The molecular weight excluding hydrogens is 486 g/mol. The van der Waals surface area contributed by atoms with Gasteiger partial charge in [-0.25, -0.2) is 0 Å². The van der Waals surface area contributed by atoms with Crippen LogP contribution in [0.2, 0.25) is 0 Å². The topological polar surface area (TPSA) is 87.3 Å². The van der Waals surface area contributed by atoms with Gasteiger partial charge in [0.25, 0.3) is 17.7 Å². The second-order valence-corrected chi connectivity index (χ2v) is 9.62. The van der Waals surface area contributed by atoms with E-state index in [9.17, 15) is 14.4 Å². The first kappa shape index (κ1) is 27.3. The highest BCUT2D eigenvalue weighted by molar-refractivity contribution is 6.04. The first-order valence-corrected chi connectivity index (χ1v) is 13.0. The molecule has 0 aromatic heterocycles. The smallest absolute Gasteiger partial charge is 0.251 e. The van der Waals surface area contributed by atoms with Crippen LogP contribution in [0, 0.1) is 0 Å². The lowest BCUT2D eigenvalue weighted by molar-refractivity contribution is 0.0939. The highest BCUT2D eigenvalue weighted by Crippen LogP contribution is 2.19. The fourth-order valence-corrected chi connectivity index (χ4v) is 4.34. The molecule has 0 saturated carbocycles. The van der Waals surface area contributed by atoms with E-state index in [0.29, 0.717) is 0 Å². The largest absolute Gasteiger partial charge is 0.346 e. The Bertz CT molecular complexity index is 1240.